The van der Waals surface area contributed by atoms with Crippen molar-refractivity contribution in [3.8, 4) is 0 Å². The van der Waals surface area contributed by atoms with Crippen LogP contribution in [0.3, 0.4) is 0 Å². The molecule has 116 valence electrons. The molecule has 4 N–H and O–H groups in total. The van der Waals surface area contributed by atoms with Crippen LogP contribution in [0.15, 0.2) is 24.3 Å². The fourth-order valence-electron chi connectivity index (χ4n) is 3.09. The van der Waals surface area contributed by atoms with Crippen LogP contribution >= 0.6 is 0 Å². The van der Waals surface area contributed by atoms with Gasteiger partial charge in [0.2, 0.25) is 5.60 Å². The number of aryl methyl sites for hydroxylation is 1. The van der Waals surface area contributed by atoms with E-state index in [0.29, 0.717) is 16.9 Å². The summed E-state index contributed by atoms with van der Waals surface area (Å²) in [5.41, 5.74) is 6.10. The summed E-state index contributed by atoms with van der Waals surface area (Å²) >= 11 is 0. The summed E-state index contributed by atoms with van der Waals surface area (Å²) in [5, 5.41) is 24.5. The van der Waals surface area contributed by atoms with Crippen molar-refractivity contribution in [3.05, 3.63) is 41.1 Å². The van der Waals surface area contributed by atoms with Crippen LogP contribution in [0.1, 0.15) is 16.8 Å². The first-order valence-electron chi connectivity index (χ1n) is 6.97. The first-order valence-corrected chi connectivity index (χ1v) is 6.97. The number of rotatable bonds is 3. The number of carbonyl (C=O) groups is 1. The molecule has 1 aromatic carbocycles. The molecule has 1 amide bonds. The van der Waals surface area contributed by atoms with Gasteiger partial charge in [0.15, 0.2) is 0 Å². The number of aliphatic hydroxyl groups excluding tert-OH is 1. The van der Waals surface area contributed by atoms with Gasteiger partial charge in [-0.05, 0) is 13.0 Å². The van der Waals surface area contributed by atoms with Crippen molar-refractivity contribution in [1.82, 2.24) is 9.78 Å². The summed E-state index contributed by atoms with van der Waals surface area (Å²) < 4.78 is 1.40. The third-order valence-corrected chi connectivity index (χ3v) is 4.11. The zero-order chi connectivity index (χ0) is 16.1. The SMILES string of the molecule is Cc1nn(CCO)c(N)c1[C@]1(O)C(=O)N(C)c2ccccc21. The largest absolute Gasteiger partial charge is 0.394 e. The molecule has 7 heteroatoms. The van der Waals surface area contributed by atoms with Gasteiger partial charge in [-0.1, -0.05) is 18.2 Å². The second kappa shape index (κ2) is 4.82. The molecule has 0 unspecified atom stereocenters. The van der Waals surface area contributed by atoms with E-state index in [2.05, 4.69) is 5.10 Å². The Morgan fingerprint density at radius 2 is 2.05 bits per heavy atom. The lowest BCUT2D eigenvalue weighted by atomic mass is 9.87. The van der Waals surface area contributed by atoms with Gasteiger partial charge in [-0.3, -0.25) is 4.79 Å². The number of likely N-dealkylation sites (N-methyl/N-ethyl adjacent to an activating group) is 1. The van der Waals surface area contributed by atoms with Crippen molar-refractivity contribution in [1.29, 1.82) is 0 Å². The molecule has 1 aliphatic heterocycles. The lowest BCUT2D eigenvalue weighted by Gasteiger charge is -2.22. The lowest BCUT2D eigenvalue weighted by Crippen LogP contribution is -2.40. The number of fused-ring (bicyclic) bond motifs is 1. The number of nitrogen functional groups attached to an aromatic ring is 1. The minimum absolute atomic E-state index is 0.131. The molecule has 3 rings (SSSR count). The van der Waals surface area contributed by atoms with Crippen LogP contribution in [-0.4, -0.2) is 39.6 Å². The zero-order valence-corrected chi connectivity index (χ0v) is 12.4. The monoisotopic (exact) mass is 302 g/mol. The van der Waals surface area contributed by atoms with Crippen LogP contribution in [0, 0.1) is 6.92 Å². The molecule has 2 heterocycles. The minimum atomic E-state index is -1.85. The van der Waals surface area contributed by atoms with E-state index < -0.39 is 11.5 Å². The molecule has 0 fully saturated rings. The summed E-state index contributed by atoms with van der Waals surface area (Å²) in [4.78, 5) is 14.1. The van der Waals surface area contributed by atoms with Gasteiger partial charge in [-0.15, -0.1) is 0 Å². The van der Waals surface area contributed by atoms with Gasteiger partial charge in [-0.2, -0.15) is 5.10 Å². The zero-order valence-electron chi connectivity index (χ0n) is 12.4. The number of aliphatic hydroxyl groups is 2. The van der Waals surface area contributed by atoms with Crippen molar-refractivity contribution < 1.29 is 15.0 Å². The van der Waals surface area contributed by atoms with Crippen LogP contribution in [0.25, 0.3) is 0 Å². The van der Waals surface area contributed by atoms with E-state index in [1.807, 2.05) is 0 Å². The Labute approximate surface area is 127 Å². The predicted octanol–water partition coefficient (Wildman–Crippen LogP) is -0.0217. The van der Waals surface area contributed by atoms with Crippen molar-refractivity contribution in [3.63, 3.8) is 0 Å². The molecule has 0 radical (unpaired) electrons. The van der Waals surface area contributed by atoms with Crippen molar-refractivity contribution in [2.75, 3.05) is 24.3 Å². The first kappa shape index (κ1) is 14.6. The van der Waals surface area contributed by atoms with Crippen LogP contribution in [0.5, 0.6) is 0 Å². The Bertz CT molecular complexity index is 755. The summed E-state index contributed by atoms with van der Waals surface area (Å²) in [6, 6.07) is 7.05. The normalized spacial score (nSPS) is 20.5. The molecule has 1 aliphatic rings. The number of anilines is 2. The van der Waals surface area contributed by atoms with Gasteiger partial charge in [0, 0.05) is 12.6 Å². The van der Waals surface area contributed by atoms with Gasteiger partial charge < -0.3 is 20.8 Å². The van der Waals surface area contributed by atoms with Crippen LogP contribution < -0.4 is 10.6 Å². The van der Waals surface area contributed by atoms with E-state index in [-0.39, 0.29) is 24.5 Å². The highest BCUT2D eigenvalue weighted by molar-refractivity contribution is 6.09. The molecule has 1 aromatic heterocycles. The smallest absolute Gasteiger partial charge is 0.268 e. The molecule has 0 saturated carbocycles. The summed E-state index contributed by atoms with van der Waals surface area (Å²) in [7, 11) is 1.61. The molecule has 0 spiro atoms. The quantitative estimate of drug-likeness (QED) is 0.739. The predicted molar refractivity (Wildman–Crippen MR) is 81.3 cm³/mol. The maximum atomic E-state index is 12.7. The Morgan fingerprint density at radius 3 is 2.73 bits per heavy atom. The molecule has 7 nitrogen and oxygen atoms in total. The number of hydrogen-bond donors (Lipinski definition) is 3. The second-order valence-corrected chi connectivity index (χ2v) is 5.38. The maximum absolute atomic E-state index is 12.7. The Kier molecular flexibility index (Phi) is 3.19. The molecule has 22 heavy (non-hydrogen) atoms. The minimum Gasteiger partial charge on any atom is -0.394 e. The summed E-state index contributed by atoms with van der Waals surface area (Å²) in [5.74, 6) is -0.278. The molecule has 1 atom stereocenters. The van der Waals surface area contributed by atoms with Crippen molar-refractivity contribution >= 4 is 17.4 Å². The Morgan fingerprint density at radius 1 is 1.36 bits per heavy atom. The number of aromatic nitrogens is 2. The van der Waals surface area contributed by atoms with E-state index in [0.717, 1.165) is 0 Å². The summed E-state index contributed by atoms with van der Waals surface area (Å²) in [6.45, 7) is 1.76. The van der Waals surface area contributed by atoms with Gasteiger partial charge >= 0.3 is 0 Å². The molecule has 0 aliphatic carbocycles. The molecule has 0 bridgehead atoms. The number of benzene rings is 1. The van der Waals surface area contributed by atoms with E-state index in [9.17, 15) is 9.90 Å². The highest BCUT2D eigenvalue weighted by Gasteiger charge is 2.52. The fourth-order valence-corrected chi connectivity index (χ4v) is 3.09. The highest BCUT2D eigenvalue weighted by atomic mass is 16.3. The van der Waals surface area contributed by atoms with Crippen molar-refractivity contribution in [2.45, 2.75) is 19.1 Å². The van der Waals surface area contributed by atoms with Gasteiger partial charge in [-0.25, -0.2) is 4.68 Å². The molecular weight excluding hydrogens is 284 g/mol. The average molecular weight is 302 g/mol. The molecule has 0 saturated heterocycles. The topological polar surface area (TPSA) is 105 Å². The maximum Gasteiger partial charge on any atom is 0.268 e. The van der Waals surface area contributed by atoms with E-state index in [1.165, 1.54) is 9.58 Å². The standard InChI is InChI=1S/C15H18N4O3/c1-9-12(13(16)19(17-9)7-8-20)15(22)10-5-3-4-6-11(10)18(2)14(15)21/h3-6,20,22H,7-8,16H2,1-2H3/t15-/m0/s1. The number of para-hydroxylation sites is 1. The number of nitrogens with zero attached hydrogens (tertiary/aromatic N) is 3. The van der Waals surface area contributed by atoms with E-state index >= 15 is 0 Å². The van der Waals surface area contributed by atoms with E-state index in [1.54, 1.807) is 38.2 Å². The number of carbonyl (C=O) groups excluding carboxylic acids is 1. The first-order chi connectivity index (χ1) is 10.4. The van der Waals surface area contributed by atoms with Crippen molar-refractivity contribution in [2.24, 2.45) is 0 Å². The van der Waals surface area contributed by atoms with E-state index in [4.69, 9.17) is 10.8 Å². The fraction of sp³-hybridized carbons (Fsp3) is 0.333. The Hall–Kier alpha value is -2.38. The van der Waals surface area contributed by atoms with Gasteiger partial charge in [0.25, 0.3) is 5.91 Å². The number of nitrogens with two attached hydrogens (primary N) is 1. The third-order valence-electron chi connectivity index (χ3n) is 4.11. The molecular formula is C15H18N4O3. The Balaban J connectivity index is 2.26. The number of hydrogen-bond acceptors (Lipinski definition) is 5. The number of amides is 1. The highest BCUT2D eigenvalue weighted by Crippen LogP contribution is 2.46. The summed E-state index contributed by atoms with van der Waals surface area (Å²) in [6.07, 6.45) is 0. The van der Waals surface area contributed by atoms with Gasteiger partial charge in [0.05, 0.1) is 30.1 Å². The lowest BCUT2D eigenvalue weighted by molar-refractivity contribution is -0.131. The van der Waals surface area contributed by atoms with Crippen LogP contribution in [0.4, 0.5) is 11.5 Å². The molecule has 2 aromatic rings. The third kappa shape index (κ3) is 1.69. The van der Waals surface area contributed by atoms with Gasteiger partial charge in [0.1, 0.15) is 5.82 Å². The van der Waals surface area contributed by atoms with Crippen LogP contribution in [0.2, 0.25) is 0 Å². The average Bonchev–Trinajstić information content (AvgIpc) is 2.89. The van der Waals surface area contributed by atoms with Crippen LogP contribution in [-0.2, 0) is 16.9 Å². The second-order valence-electron chi connectivity index (χ2n) is 5.38.